The number of hydrogen-bond donors (Lipinski definition) is 2. The Morgan fingerprint density at radius 3 is 2.28 bits per heavy atom. The number of amides is 1. The number of carbonyl (C=O) groups excluding carboxylic acids is 2. The standard InChI is InChI=1S/C26H27NO5/c1-17-13-18(2)15-21(14-17)27-26(30)25(20-7-5-4-6-8-20)32-24(29)12-10-19-9-11-23(31-3)22(28)16-19/h4-9,11,13-16,25,28H,10,12H2,1-3H3,(H,27,30). The number of phenolic OH excluding ortho intramolecular Hbond substituents is 1. The Hall–Kier alpha value is -3.80. The van der Waals surface area contributed by atoms with Crippen molar-refractivity contribution in [3.63, 3.8) is 0 Å². The van der Waals surface area contributed by atoms with Crippen LogP contribution in [0, 0.1) is 13.8 Å². The zero-order chi connectivity index (χ0) is 23.1. The predicted octanol–water partition coefficient (Wildman–Crippen LogP) is 4.87. The smallest absolute Gasteiger partial charge is 0.307 e. The molecule has 0 saturated heterocycles. The van der Waals surface area contributed by atoms with Gasteiger partial charge in [-0.3, -0.25) is 9.59 Å². The number of nitrogens with one attached hydrogen (secondary N) is 1. The van der Waals surface area contributed by atoms with Crippen LogP contribution in [0.15, 0.2) is 66.7 Å². The summed E-state index contributed by atoms with van der Waals surface area (Å²) in [6, 6.07) is 19.6. The number of aryl methyl sites for hydroxylation is 3. The van der Waals surface area contributed by atoms with Crippen molar-refractivity contribution < 1.29 is 24.2 Å². The molecule has 0 aromatic heterocycles. The Kier molecular flexibility index (Phi) is 7.49. The fraction of sp³-hybridized carbons (Fsp3) is 0.231. The third kappa shape index (κ3) is 6.11. The van der Waals surface area contributed by atoms with E-state index in [0.717, 1.165) is 16.7 Å². The van der Waals surface area contributed by atoms with E-state index in [-0.39, 0.29) is 12.2 Å². The molecule has 0 saturated carbocycles. The van der Waals surface area contributed by atoms with Gasteiger partial charge in [-0.15, -0.1) is 0 Å². The van der Waals surface area contributed by atoms with Crippen LogP contribution >= 0.6 is 0 Å². The van der Waals surface area contributed by atoms with Gasteiger partial charge in [-0.2, -0.15) is 0 Å². The van der Waals surface area contributed by atoms with Crippen LogP contribution in [-0.2, 0) is 20.7 Å². The number of methoxy groups -OCH3 is 1. The van der Waals surface area contributed by atoms with Crippen LogP contribution in [-0.4, -0.2) is 24.1 Å². The van der Waals surface area contributed by atoms with Crippen LogP contribution in [0.5, 0.6) is 11.5 Å². The van der Waals surface area contributed by atoms with E-state index in [1.165, 1.54) is 7.11 Å². The molecule has 0 fully saturated rings. The van der Waals surface area contributed by atoms with Crippen molar-refractivity contribution in [3.8, 4) is 11.5 Å². The third-order valence-electron chi connectivity index (χ3n) is 4.94. The summed E-state index contributed by atoms with van der Waals surface area (Å²) in [6.07, 6.45) is -0.656. The Balaban J connectivity index is 1.70. The maximum absolute atomic E-state index is 13.0. The Labute approximate surface area is 187 Å². The number of anilines is 1. The quantitative estimate of drug-likeness (QED) is 0.495. The molecule has 0 heterocycles. The molecular formula is C26H27NO5. The lowest BCUT2D eigenvalue weighted by Gasteiger charge is -2.18. The van der Waals surface area contributed by atoms with E-state index in [1.54, 1.807) is 42.5 Å². The van der Waals surface area contributed by atoms with Crippen molar-refractivity contribution in [2.45, 2.75) is 32.8 Å². The van der Waals surface area contributed by atoms with Crippen LogP contribution in [0.2, 0.25) is 0 Å². The van der Waals surface area contributed by atoms with Gasteiger partial charge in [0, 0.05) is 17.7 Å². The summed E-state index contributed by atoms with van der Waals surface area (Å²) in [4.78, 5) is 25.6. The number of ether oxygens (including phenoxy) is 2. The largest absolute Gasteiger partial charge is 0.504 e. The van der Waals surface area contributed by atoms with Gasteiger partial charge in [0.25, 0.3) is 5.91 Å². The van der Waals surface area contributed by atoms with E-state index >= 15 is 0 Å². The second-order valence-corrected chi connectivity index (χ2v) is 7.65. The lowest BCUT2D eigenvalue weighted by atomic mass is 10.1. The molecule has 0 radical (unpaired) electrons. The van der Waals surface area contributed by atoms with E-state index in [4.69, 9.17) is 9.47 Å². The van der Waals surface area contributed by atoms with Crippen molar-refractivity contribution in [3.05, 3.63) is 89.0 Å². The third-order valence-corrected chi connectivity index (χ3v) is 4.94. The predicted molar refractivity (Wildman–Crippen MR) is 123 cm³/mol. The molecule has 6 nitrogen and oxygen atoms in total. The van der Waals surface area contributed by atoms with Crippen molar-refractivity contribution in [2.75, 3.05) is 12.4 Å². The molecule has 0 aliphatic rings. The van der Waals surface area contributed by atoms with Gasteiger partial charge in [0.05, 0.1) is 7.11 Å². The molecule has 1 amide bonds. The normalized spacial score (nSPS) is 11.5. The zero-order valence-corrected chi connectivity index (χ0v) is 18.4. The number of esters is 1. The second-order valence-electron chi connectivity index (χ2n) is 7.65. The molecule has 0 bridgehead atoms. The van der Waals surface area contributed by atoms with Crippen molar-refractivity contribution in [1.29, 1.82) is 0 Å². The van der Waals surface area contributed by atoms with Gasteiger partial charge in [0.1, 0.15) is 0 Å². The molecule has 0 aliphatic carbocycles. The van der Waals surface area contributed by atoms with Crippen LogP contribution in [0.3, 0.4) is 0 Å². The first-order valence-electron chi connectivity index (χ1n) is 10.3. The monoisotopic (exact) mass is 433 g/mol. The molecule has 3 aromatic rings. The zero-order valence-electron chi connectivity index (χ0n) is 18.4. The summed E-state index contributed by atoms with van der Waals surface area (Å²) in [6.45, 7) is 3.91. The summed E-state index contributed by atoms with van der Waals surface area (Å²) in [5.41, 5.74) is 4.05. The topological polar surface area (TPSA) is 84.9 Å². The van der Waals surface area contributed by atoms with E-state index in [1.807, 2.05) is 38.1 Å². The van der Waals surface area contributed by atoms with Gasteiger partial charge in [0.2, 0.25) is 6.10 Å². The lowest BCUT2D eigenvalue weighted by Crippen LogP contribution is -2.26. The highest BCUT2D eigenvalue weighted by molar-refractivity contribution is 5.96. The van der Waals surface area contributed by atoms with E-state index in [0.29, 0.717) is 23.4 Å². The average Bonchev–Trinajstić information content (AvgIpc) is 2.76. The van der Waals surface area contributed by atoms with Crippen LogP contribution < -0.4 is 10.1 Å². The molecule has 2 N–H and O–H groups in total. The molecule has 1 atom stereocenters. The number of hydrogen-bond acceptors (Lipinski definition) is 5. The van der Waals surface area contributed by atoms with Gasteiger partial charge in [-0.05, 0) is 61.2 Å². The Morgan fingerprint density at radius 1 is 0.969 bits per heavy atom. The lowest BCUT2D eigenvalue weighted by molar-refractivity contribution is -0.154. The van der Waals surface area contributed by atoms with Gasteiger partial charge in [-0.1, -0.05) is 42.5 Å². The van der Waals surface area contributed by atoms with Crippen molar-refractivity contribution in [2.24, 2.45) is 0 Å². The van der Waals surface area contributed by atoms with E-state index in [9.17, 15) is 14.7 Å². The van der Waals surface area contributed by atoms with Gasteiger partial charge >= 0.3 is 5.97 Å². The molecule has 32 heavy (non-hydrogen) atoms. The first kappa shape index (κ1) is 22.9. The number of phenols is 1. The number of aromatic hydroxyl groups is 1. The molecule has 1 unspecified atom stereocenters. The second kappa shape index (κ2) is 10.5. The summed E-state index contributed by atoms with van der Waals surface area (Å²) < 4.78 is 10.6. The Morgan fingerprint density at radius 2 is 1.66 bits per heavy atom. The summed E-state index contributed by atoms with van der Waals surface area (Å²) >= 11 is 0. The summed E-state index contributed by atoms with van der Waals surface area (Å²) in [5, 5.41) is 12.8. The highest BCUT2D eigenvalue weighted by Crippen LogP contribution is 2.27. The van der Waals surface area contributed by atoms with E-state index < -0.39 is 18.0 Å². The van der Waals surface area contributed by atoms with Crippen molar-refractivity contribution >= 4 is 17.6 Å². The highest BCUT2D eigenvalue weighted by atomic mass is 16.5. The van der Waals surface area contributed by atoms with Gasteiger partial charge < -0.3 is 19.9 Å². The van der Waals surface area contributed by atoms with Crippen LogP contribution in [0.4, 0.5) is 5.69 Å². The molecule has 166 valence electrons. The molecule has 3 rings (SSSR count). The van der Waals surface area contributed by atoms with Crippen LogP contribution in [0.25, 0.3) is 0 Å². The Bertz CT molecular complexity index is 1070. The number of benzene rings is 3. The minimum atomic E-state index is -1.08. The summed E-state index contributed by atoms with van der Waals surface area (Å²) in [7, 11) is 1.47. The fourth-order valence-corrected chi connectivity index (χ4v) is 3.48. The molecule has 3 aromatic carbocycles. The van der Waals surface area contributed by atoms with Crippen LogP contribution in [0.1, 0.15) is 34.8 Å². The maximum Gasteiger partial charge on any atom is 0.307 e. The minimum absolute atomic E-state index is 0.00774. The molecule has 6 heteroatoms. The number of carbonyl (C=O) groups is 2. The van der Waals surface area contributed by atoms with Gasteiger partial charge in [0.15, 0.2) is 11.5 Å². The van der Waals surface area contributed by atoms with Gasteiger partial charge in [-0.25, -0.2) is 0 Å². The fourth-order valence-electron chi connectivity index (χ4n) is 3.48. The maximum atomic E-state index is 13.0. The average molecular weight is 434 g/mol. The first-order valence-corrected chi connectivity index (χ1v) is 10.3. The number of rotatable bonds is 8. The molecule has 0 spiro atoms. The summed E-state index contributed by atoms with van der Waals surface area (Å²) in [5.74, 6) is -0.557. The minimum Gasteiger partial charge on any atom is -0.504 e. The van der Waals surface area contributed by atoms with Crippen molar-refractivity contribution in [1.82, 2.24) is 0 Å². The SMILES string of the molecule is COc1ccc(CCC(=O)OC(C(=O)Nc2cc(C)cc(C)c2)c2ccccc2)cc1O. The molecule has 0 aliphatic heterocycles. The molecular weight excluding hydrogens is 406 g/mol. The van der Waals surface area contributed by atoms with E-state index in [2.05, 4.69) is 5.32 Å². The highest BCUT2D eigenvalue weighted by Gasteiger charge is 2.25. The first-order chi connectivity index (χ1) is 15.4.